The fraction of sp³-hybridized carbons (Fsp3) is 1.00. The van der Waals surface area contributed by atoms with Gasteiger partial charge in [0.25, 0.3) is 0 Å². The second kappa shape index (κ2) is 8.20. The molecule has 0 spiro atoms. The van der Waals surface area contributed by atoms with Gasteiger partial charge >= 0.3 is 0 Å². The summed E-state index contributed by atoms with van der Waals surface area (Å²) in [4.78, 5) is 7.81. The first-order chi connectivity index (χ1) is 9.25. The van der Waals surface area contributed by atoms with Crippen molar-refractivity contribution in [2.24, 2.45) is 0 Å². The van der Waals surface area contributed by atoms with Crippen LogP contribution in [0.4, 0.5) is 0 Å². The first-order valence-electron chi connectivity index (χ1n) is 8.02. The molecule has 19 heavy (non-hydrogen) atoms. The molecule has 4 heteroatoms. The molecule has 0 aromatic rings. The zero-order valence-corrected chi connectivity index (χ0v) is 12.8. The molecule has 0 atom stereocenters. The van der Waals surface area contributed by atoms with Gasteiger partial charge < -0.3 is 9.64 Å². The third-order valence-electron chi connectivity index (χ3n) is 4.41. The summed E-state index contributed by atoms with van der Waals surface area (Å²) in [5, 5.41) is 0. The zero-order chi connectivity index (χ0) is 13.5. The monoisotopic (exact) mass is 269 g/mol. The van der Waals surface area contributed by atoms with E-state index < -0.39 is 0 Å². The van der Waals surface area contributed by atoms with E-state index in [9.17, 15) is 0 Å². The minimum Gasteiger partial charge on any atom is -0.379 e. The van der Waals surface area contributed by atoms with E-state index in [1.165, 1.54) is 52.1 Å². The van der Waals surface area contributed by atoms with Crippen LogP contribution in [0.3, 0.4) is 0 Å². The Morgan fingerprint density at radius 3 is 2.21 bits per heavy atom. The number of rotatable bonds is 5. The van der Waals surface area contributed by atoms with Crippen LogP contribution in [0.2, 0.25) is 0 Å². The smallest absolute Gasteiger partial charge is 0.0594 e. The Hall–Kier alpha value is -0.160. The minimum atomic E-state index is 0.702. The quantitative estimate of drug-likeness (QED) is 0.744. The van der Waals surface area contributed by atoms with Crippen molar-refractivity contribution in [3.63, 3.8) is 0 Å². The minimum absolute atomic E-state index is 0.702. The normalized spacial score (nSPS) is 24.8. The van der Waals surface area contributed by atoms with E-state index in [1.54, 1.807) is 0 Å². The van der Waals surface area contributed by atoms with E-state index in [1.807, 2.05) is 0 Å². The van der Waals surface area contributed by atoms with Gasteiger partial charge in [0.15, 0.2) is 0 Å². The average molecular weight is 269 g/mol. The van der Waals surface area contributed by atoms with Crippen molar-refractivity contribution in [2.75, 3.05) is 65.6 Å². The van der Waals surface area contributed by atoms with Gasteiger partial charge in [-0.05, 0) is 52.9 Å². The van der Waals surface area contributed by atoms with Gasteiger partial charge in [0.05, 0.1) is 13.2 Å². The Bertz CT molecular complexity index is 242. The highest BCUT2D eigenvalue weighted by atomic mass is 16.5. The molecule has 2 heterocycles. The fourth-order valence-electron chi connectivity index (χ4n) is 3.07. The molecule has 4 nitrogen and oxygen atoms in total. The van der Waals surface area contributed by atoms with Crippen LogP contribution in [0.1, 0.15) is 26.7 Å². The highest BCUT2D eigenvalue weighted by Crippen LogP contribution is 2.07. The average Bonchev–Trinajstić information content (AvgIpc) is 2.66. The van der Waals surface area contributed by atoms with E-state index in [4.69, 9.17) is 4.74 Å². The molecule has 2 saturated heterocycles. The summed E-state index contributed by atoms with van der Waals surface area (Å²) in [7, 11) is 0. The zero-order valence-electron chi connectivity index (χ0n) is 12.8. The van der Waals surface area contributed by atoms with E-state index >= 15 is 0 Å². The van der Waals surface area contributed by atoms with Crippen molar-refractivity contribution >= 4 is 0 Å². The van der Waals surface area contributed by atoms with Gasteiger partial charge in [0.1, 0.15) is 0 Å². The molecule has 0 aromatic carbocycles. The number of ether oxygens (including phenoxy) is 1. The first-order valence-corrected chi connectivity index (χ1v) is 8.02. The lowest BCUT2D eigenvalue weighted by atomic mass is 10.3. The lowest BCUT2D eigenvalue weighted by Gasteiger charge is -2.28. The maximum absolute atomic E-state index is 5.39. The molecular formula is C15H31N3O. The Morgan fingerprint density at radius 2 is 1.53 bits per heavy atom. The highest BCUT2D eigenvalue weighted by Gasteiger charge is 2.17. The lowest BCUT2D eigenvalue weighted by Crippen LogP contribution is -2.39. The summed E-state index contributed by atoms with van der Waals surface area (Å²) in [5.74, 6) is 0. The van der Waals surface area contributed by atoms with Gasteiger partial charge in [-0.25, -0.2) is 0 Å². The van der Waals surface area contributed by atoms with Gasteiger partial charge in [-0.1, -0.05) is 0 Å². The highest BCUT2D eigenvalue weighted by molar-refractivity contribution is 4.72. The van der Waals surface area contributed by atoms with E-state index in [0.29, 0.717) is 6.04 Å². The van der Waals surface area contributed by atoms with Crippen molar-refractivity contribution in [3.8, 4) is 0 Å². The molecule has 2 aliphatic heterocycles. The number of hydrogen-bond donors (Lipinski definition) is 0. The van der Waals surface area contributed by atoms with Crippen molar-refractivity contribution in [1.82, 2.24) is 14.7 Å². The third-order valence-corrected chi connectivity index (χ3v) is 4.41. The number of nitrogens with zero attached hydrogens (tertiary/aromatic N) is 3. The van der Waals surface area contributed by atoms with Gasteiger partial charge in [-0.3, -0.25) is 9.80 Å². The molecule has 2 rings (SSSR count). The molecule has 2 aliphatic rings. The van der Waals surface area contributed by atoms with Crippen molar-refractivity contribution in [3.05, 3.63) is 0 Å². The summed E-state index contributed by atoms with van der Waals surface area (Å²) in [6, 6.07) is 0.702. The molecule has 0 saturated carbocycles. The molecule has 0 unspecified atom stereocenters. The molecule has 0 N–H and O–H groups in total. The summed E-state index contributed by atoms with van der Waals surface area (Å²) in [6.45, 7) is 16.3. The Morgan fingerprint density at radius 1 is 0.842 bits per heavy atom. The Balaban J connectivity index is 1.60. The molecule has 0 aromatic heterocycles. The molecule has 0 bridgehead atoms. The fourth-order valence-corrected chi connectivity index (χ4v) is 3.07. The Labute approximate surface area is 118 Å². The third kappa shape index (κ3) is 5.38. The molecule has 112 valence electrons. The SMILES string of the molecule is CC(C)N1CCCN(CCCN2CCOCC2)CC1. The van der Waals surface area contributed by atoms with E-state index in [-0.39, 0.29) is 0 Å². The summed E-state index contributed by atoms with van der Waals surface area (Å²) < 4.78 is 5.39. The van der Waals surface area contributed by atoms with Crippen LogP contribution >= 0.6 is 0 Å². The summed E-state index contributed by atoms with van der Waals surface area (Å²) >= 11 is 0. The largest absolute Gasteiger partial charge is 0.379 e. The molecule has 0 radical (unpaired) electrons. The van der Waals surface area contributed by atoms with Crippen LogP contribution in [0.25, 0.3) is 0 Å². The topological polar surface area (TPSA) is 19.0 Å². The second-order valence-electron chi connectivity index (χ2n) is 6.13. The van der Waals surface area contributed by atoms with Crippen molar-refractivity contribution in [2.45, 2.75) is 32.7 Å². The van der Waals surface area contributed by atoms with Crippen LogP contribution < -0.4 is 0 Å². The van der Waals surface area contributed by atoms with Crippen LogP contribution in [0.15, 0.2) is 0 Å². The lowest BCUT2D eigenvalue weighted by molar-refractivity contribution is 0.0361. The predicted octanol–water partition coefficient (Wildman–Crippen LogP) is 1.12. The molecule has 0 amide bonds. The van der Waals surface area contributed by atoms with Crippen LogP contribution in [-0.2, 0) is 4.74 Å². The molecule has 0 aliphatic carbocycles. The van der Waals surface area contributed by atoms with Crippen LogP contribution in [0, 0.1) is 0 Å². The maximum Gasteiger partial charge on any atom is 0.0594 e. The maximum atomic E-state index is 5.39. The van der Waals surface area contributed by atoms with Crippen LogP contribution in [-0.4, -0.2) is 86.3 Å². The molecular weight excluding hydrogens is 238 g/mol. The van der Waals surface area contributed by atoms with Gasteiger partial charge in [-0.15, -0.1) is 0 Å². The van der Waals surface area contributed by atoms with E-state index in [2.05, 4.69) is 28.5 Å². The predicted molar refractivity (Wildman–Crippen MR) is 79.6 cm³/mol. The first kappa shape index (κ1) is 15.2. The van der Waals surface area contributed by atoms with E-state index in [0.717, 1.165) is 26.3 Å². The van der Waals surface area contributed by atoms with Crippen LogP contribution in [0.5, 0.6) is 0 Å². The molecule has 2 fully saturated rings. The van der Waals surface area contributed by atoms with Gasteiger partial charge in [0, 0.05) is 32.2 Å². The summed E-state index contributed by atoms with van der Waals surface area (Å²) in [6.07, 6.45) is 2.64. The summed E-state index contributed by atoms with van der Waals surface area (Å²) in [5.41, 5.74) is 0. The standard InChI is InChI=1S/C15H31N3O/c1-15(2)18-8-4-7-16(9-10-18)5-3-6-17-11-13-19-14-12-17/h15H,3-14H2,1-2H3. The Kier molecular flexibility index (Phi) is 6.57. The van der Waals surface area contributed by atoms with Crippen molar-refractivity contribution in [1.29, 1.82) is 0 Å². The van der Waals surface area contributed by atoms with Crippen molar-refractivity contribution < 1.29 is 4.74 Å². The van der Waals surface area contributed by atoms with Gasteiger partial charge in [-0.2, -0.15) is 0 Å². The number of hydrogen-bond acceptors (Lipinski definition) is 4. The second-order valence-corrected chi connectivity index (χ2v) is 6.13. The number of morpholine rings is 1. The van der Waals surface area contributed by atoms with Gasteiger partial charge in [0.2, 0.25) is 0 Å².